The number of hydrogen-bond donors (Lipinski definition) is 1. The molecule has 0 atom stereocenters. The van der Waals surface area contributed by atoms with E-state index in [-0.39, 0.29) is 11.7 Å². The van der Waals surface area contributed by atoms with Crippen LogP contribution in [0.3, 0.4) is 0 Å². The molecule has 2 aliphatic rings. The minimum absolute atomic E-state index is 0.0186. The number of imide groups is 1. The Morgan fingerprint density at radius 2 is 1.94 bits per heavy atom. The summed E-state index contributed by atoms with van der Waals surface area (Å²) >= 11 is 0. The first kappa shape index (κ1) is 22.3. The van der Waals surface area contributed by atoms with Crippen LogP contribution in [0.15, 0.2) is 37.1 Å². The summed E-state index contributed by atoms with van der Waals surface area (Å²) in [5, 5.41) is 2.95. The normalized spacial score (nSPS) is 20.8. The first-order valence-electron chi connectivity index (χ1n) is 11.7. The van der Waals surface area contributed by atoms with E-state index in [9.17, 15) is 9.59 Å². The van der Waals surface area contributed by atoms with Crippen LogP contribution in [-0.4, -0.2) is 63.7 Å². The Morgan fingerprint density at radius 1 is 1.15 bits per heavy atom. The number of fused-ring (bicyclic) bond motifs is 1. The molecule has 3 aromatic heterocycles. The fraction of sp³-hybridized carbons (Fsp3) is 0.458. The second-order valence-electron chi connectivity index (χ2n) is 8.74. The second kappa shape index (κ2) is 9.76. The number of rotatable bonds is 5. The maximum absolute atomic E-state index is 12.4. The van der Waals surface area contributed by atoms with Crippen molar-refractivity contribution in [1.82, 2.24) is 24.8 Å². The number of nitrogens with zero attached hydrogens (tertiary/aromatic N) is 5. The van der Waals surface area contributed by atoms with Gasteiger partial charge in [0.2, 0.25) is 11.8 Å². The highest BCUT2D eigenvalue weighted by molar-refractivity contribution is 6.05. The minimum atomic E-state index is -0.494. The van der Waals surface area contributed by atoms with Crippen LogP contribution in [0.2, 0.25) is 0 Å². The molecule has 10 nitrogen and oxygen atoms in total. The monoisotopic (exact) mass is 464 g/mol. The van der Waals surface area contributed by atoms with Crippen molar-refractivity contribution >= 4 is 28.5 Å². The average molecular weight is 465 g/mol. The number of ether oxygens (including phenoxy) is 2. The maximum atomic E-state index is 12.4. The molecule has 10 heteroatoms. The zero-order chi connectivity index (χ0) is 23.5. The van der Waals surface area contributed by atoms with Gasteiger partial charge in [-0.15, -0.1) is 0 Å². The second-order valence-corrected chi connectivity index (χ2v) is 8.74. The third-order valence-corrected chi connectivity index (χ3v) is 6.39. The third-order valence-electron chi connectivity index (χ3n) is 6.39. The molecule has 1 aliphatic carbocycles. The van der Waals surface area contributed by atoms with Gasteiger partial charge in [-0.05, 0) is 31.7 Å². The molecule has 0 bridgehead atoms. The summed E-state index contributed by atoms with van der Waals surface area (Å²) in [7, 11) is 0. The van der Waals surface area contributed by atoms with Crippen LogP contribution in [0.4, 0.5) is 5.82 Å². The van der Waals surface area contributed by atoms with Crippen molar-refractivity contribution in [3.8, 4) is 5.88 Å². The first-order valence-corrected chi connectivity index (χ1v) is 11.7. The Balaban J connectivity index is 1.43. The van der Waals surface area contributed by atoms with Gasteiger partial charge in [-0.25, -0.2) is 4.98 Å². The Morgan fingerprint density at radius 3 is 2.65 bits per heavy atom. The lowest BCUT2D eigenvalue weighted by molar-refractivity contribution is -0.118. The van der Waals surface area contributed by atoms with E-state index >= 15 is 0 Å². The van der Waals surface area contributed by atoms with Crippen LogP contribution in [0, 0.1) is 0 Å². The number of amides is 2. The van der Waals surface area contributed by atoms with Gasteiger partial charge in [0, 0.05) is 50.7 Å². The number of hydrogen-bond acceptors (Lipinski definition) is 8. The summed E-state index contributed by atoms with van der Waals surface area (Å²) in [6, 6.07) is 4.04. The quantitative estimate of drug-likeness (QED) is 0.613. The van der Waals surface area contributed by atoms with E-state index in [1.54, 1.807) is 6.07 Å². The van der Waals surface area contributed by atoms with Crippen molar-refractivity contribution in [2.75, 3.05) is 31.2 Å². The number of pyridine rings is 2. The zero-order valence-corrected chi connectivity index (χ0v) is 19.1. The van der Waals surface area contributed by atoms with E-state index < -0.39 is 11.8 Å². The molecule has 0 radical (unpaired) electrons. The predicted molar refractivity (Wildman–Crippen MR) is 125 cm³/mol. The number of aromatic nitrogens is 4. The van der Waals surface area contributed by atoms with Crippen molar-refractivity contribution < 1.29 is 19.1 Å². The molecule has 34 heavy (non-hydrogen) atoms. The average Bonchev–Trinajstić information content (AvgIpc) is 3.39. The lowest BCUT2D eigenvalue weighted by Crippen LogP contribution is -2.36. The van der Waals surface area contributed by atoms with E-state index in [4.69, 9.17) is 14.5 Å². The summed E-state index contributed by atoms with van der Waals surface area (Å²) in [5.74, 6) is 0.337. The zero-order valence-electron chi connectivity index (χ0n) is 19.1. The first-order chi connectivity index (χ1) is 16.6. The highest BCUT2D eigenvalue weighted by Crippen LogP contribution is 2.34. The summed E-state index contributed by atoms with van der Waals surface area (Å²) in [5.41, 5.74) is 0.982. The van der Waals surface area contributed by atoms with Gasteiger partial charge in [0.1, 0.15) is 11.9 Å². The molecule has 0 spiro atoms. The van der Waals surface area contributed by atoms with Crippen LogP contribution in [0.1, 0.15) is 49.0 Å². The molecule has 2 amide bonds. The Bertz CT molecular complexity index is 1170. The predicted octanol–water partition coefficient (Wildman–Crippen LogP) is 2.50. The van der Waals surface area contributed by atoms with Crippen molar-refractivity contribution in [2.24, 2.45) is 0 Å². The fourth-order valence-corrected chi connectivity index (χ4v) is 4.59. The minimum Gasteiger partial charge on any atom is -0.474 e. The van der Waals surface area contributed by atoms with Crippen molar-refractivity contribution in [3.63, 3.8) is 0 Å². The van der Waals surface area contributed by atoms with Crippen LogP contribution >= 0.6 is 0 Å². The number of carbonyl (C=O) groups is 2. The van der Waals surface area contributed by atoms with E-state index in [2.05, 4.69) is 24.8 Å². The third kappa shape index (κ3) is 4.86. The molecule has 178 valence electrons. The van der Waals surface area contributed by atoms with Gasteiger partial charge < -0.3 is 18.9 Å². The van der Waals surface area contributed by atoms with Crippen LogP contribution < -0.4 is 15.0 Å². The number of carbonyl (C=O) groups excluding carboxylic acids is 2. The van der Waals surface area contributed by atoms with Crippen molar-refractivity contribution in [2.45, 2.75) is 44.8 Å². The van der Waals surface area contributed by atoms with Gasteiger partial charge in [-0.3, -0.25) is 19.9 Å². The van der Waals surface area contributed by atoms with Gasteiger partial charge in [-0.1, -0.05) is 0 Å². The largest absolute Gasteiger partial charge is 0.474 e. The van der Waals surface area contributed by atoms with Crippen LogP contribution in [0.25, 0.3) is 10.9 Å². The summed E-state index contributed by atoms with van der Waals surface area (Å²) < 4.78 is 14.1. The van der Waals surface area contributed by atoms with E-state index in [0.29, 0.717) is 36.0 Å². The molecule has 2 fully saturated rings. The molecule has 4 heterocycles. The lowest BCUT2D eigenvalue weighted by atomic mass is 9.93. The van der Waals surface area contributed by atoms with Crippen LogP contribution in [0.5, 0.6) is 5.88 Å². The topological polar surface area (TPSA) is 111 Å². The molecule has 3 aromatic rings. The number of morpholine rings is 1. The molecule has 1 saturated carbocycles. The molecular formula is C24H28N6O4. The Hall–Kier alpha value is -3.53. The van der Waals surface area contributed by atoms with Gasteiger partial charge >= 0.3 is 0 Å². The summed E-state index contributed by atoms with van der Waals surface area (Å²) in [6.07, 6.45) is 11.0. The highest BCUT2D eigenvalue weighted by atomic mass is 16.5. The summed E-state index contributed by atoms with van der Waals surface area (Å²) in [4.78, 5) is 39.4. The molecule has 5 rings (SSSR count). The van der Waals surface area contributed by atoms with Gasteiger partial charge in [0.15, 0.2) is 0 Å². The molecule has 0 aromatic carbocycles. The Kier molecular flexibility index (Phi) is 6.39. The van der Waals surface area contributed by atoms with Crippen molar-refractivity contribution in [3.05, 3.63) is 42.6 Å². The molecule has 1 aliphatic heterocycles. The lowest BCUT2D eigenvalue weighted by Gasteiger charge is -2.31. The molecular weight excluding hydrogens is 436 g/mol. The van der Waals surface area contributed by atoms with Crippen molar-refractivity contribution in [1.29, 1.82) is 0 Å². The molecule has 1 N–H and O–H groups in total. The maximum Gasteiger partial charge on any atom is 0.259 e. The number of nitrogens with one attached hydrogen (secondary N) is 1. The standard InChI is InChI=1S/C24H28N6O4/c1-16(31)27-23(32)17-12-20-21(26-14-17)13-22(29-8-10-33-11-9-29)28-24(20)34-19-4-2-18(3-5-19)30-7-6-25-15-30/h6-7,12-15,18-19H,2-5,8-11H2,1H3,(H,27,31,32). The van der Waals surface area contributed by atoms with Gasteiger partial charge in [-0.2, -0.15) is 4.98 Å². The number of imidazole rings is 1. The van der Waals surface area contributed by atoms with Gasteiger partial charge in [0.05, 0.1) is 36.0 Å². The van der Waals surface area contributed by atoms with Crippen LogP contribution in [-0.2, 0) is 9.53 Å². The molecule has 0 unspecified atom stereocenters. The number of anilines is 1. The SMILES string of the molecule is CC(=O)NC(=O)c1cnc2cc(N3CCOCC3)nc(OC3CCC(n4ccnc4)CC3)c2c1. The van der Waals surface area contributed by atoms with E-state index in [0.717, 1.165) is 44.6 Å². The highest BCUT2D eigenvalue weighted by Gasteiger charge is 2.25. The van der Waals surface area contributed by atoms with Gasteiger partial charge in [0.25, 0.3) is 5.91 Å². The smallest absolute Gasteiger partial charge is 0.259 e. The Labute approximate surface area is 197 Å². The van der Waals surface area contributed by atoms with E-state index in [1.807, 2.05) is 24.8 Å². The van der Waals surface area contributed by atoms with E-state index in [1.165, 1.54) is 13.1 Å². The fourth-order valence-electron chi connectivity index (χ4n) is 4.59. The molecule has 1 saturated heterocycles. The summed E-state index contributed by atoms with van der Waals surface area (Å²) in [6.45, 7) is 4.08.